The van der Waals surface area contributed by atoms with Crippen molar-refractivity contribution < 1.29 is 18.4 Å². The van der Waals surface area contributed by atoms with E-state index in [9.17, 15) is 18.4 Å². The normalized spacial score (nSPS) is 15.0. The number of aromatic nitrogens is 3. The highest BCUT2D eigenvalue weighted by Crippen LogP contribution is 2.27. The molecular weight excluding hydrogens is 599 g/mol. The molecule has 1 aliphatic rings. The van der Waals surface area contributed by atoms with Gasteiger partial charge in [-0.25, -0.2) is 13.8 Å². The summed E-state index contributed by atoms with van der Waals surface area (Å²) >= 11 is 12.9. The van der Waals surface area contributed by atoms with Crippen molar-refractivity contribution in [3.05, 3.63) is 34.0 Å². The molecule has 240 valence electrons. The first-order valence-corrected chi connectivity index (χ1v) is 15.6. The van der Waals surface area contributed by atoms with Crippen LogP contribution in [0.3, 0.4) is 0 Å². The number of allylic oxidation sites excluding steroid dienone is 2. The van der Waals surface area contributed by atoms with E-state index in [0.717, 1.165) is 32.1 Å². The summed E-state index contributed by atoms with van der Waals surface area (Å²) in [4.78, 5) is 38.9. The molecule has 2 amide bonds. The minimum atomic E-state index is -2.62. The Kier molecular flexibility index (Phi) is 14.2. The molecule has 43 heavy (non-hydrogen) atoms. The topological polar surface area (TPSA) is 115 Å². The monoisotopic (exact) mass is 643 g/mol. The number of amides is 2. The third-order valence-electron chi connectivity index (χ3n) is 6.83. The van der Waals surface area contributed by atoms with Crippen LogP contribution in [0.15, 0.2) is 28.4 Å². The molecule has 1 fully saturated rings. The van der Waals surface area contributed by atoms with E-state index in [0.29, 0.717) is 21.8 Å². The third-order valence-corrected chi connectivity index (χ3v) is 7.57. The summed E-state index contributed by atoms with van der Waals surface area (Å²) in [7, 11) is 1.47. The molecule has 1 aliphatic carbocycles. The molecular formula is C30H45Cl2F2N7O2. The summed E-state index contributed by atoms with van der Waals surface area (Å²) in [5.41, 5.74) is 1.36. The van der Waals surface area contributed by atoms with Gasteiger partial charge in [0.25, 0.3) is 12.3 Å². The first-order chi connectivity index (χ1) is 20.3. The van der Waals surface area contributed by atoms with E-state index in [1.54, 1.807) is 19.1 Å². The lowest BCUT2D eigenvalue weighted by molar-refractivity contribution is -0.128. The first kappa shape index (κ1) is 36.3. The van der Waals surface area contributed by atoms with E-state index in [-0.39, 0.29) is 53.3 Å². The lowest BCUT2D eigenvalue weighted by Gasteiger charge is -2.25. The van der Waals surface area contributed by atoms with Gasteiger partial charge in [-0.2, -0.15) is 4.98 Å². The van der Waals surface area contributed by atoms with Gasteiger partial charge in [-0.3, -0.25) is 9.59 Å². The van der Waals surface area contributed by atoms with Crippen molar-refractivity contribution in [2.75, 3.05) is 36.2 Å². The zero-order valence-corrected chi connectivity index (χ0v) is 27.6. The Morgan fingerprint density at radius 1 is 1.19 bits per heavy atom. The molecule has 1 saturated carbocycles. The quantitative estimate of drug-likeness (QED) is 0.155. The molecule has 0 saturated heterocycles. The fraction of sp³-hybridized carbons (Fsp3) is 0.600. The number of carbonyl (C=O) groups is 2. The molecule has 0 aliphatic heterocycles. The highest BCUT2D eigenvalue weighted by Gasteiger charge is 2.25. The van der Waals surface area contributed by atoms with E-state index in [2.05, 4.69) is 30.9 Å². The lowest BCUT2D eigenvalue weighted by atomic mass is 9.95. The smallest absolute Gasteiger partial charge is 0.255 e. The summed E-state index contributed by atoms with van der Waals surface area (Å²) < 4.78 is 26.5. The van der Waals surface area contributed by atoms with Crippen molar-refractivity contribution in [2.24, 2.45) is 5.41 Å². The van der Waals surface area contributed by atoms with Crippen LogP contribution >= 0.6 is 23.2 Å². The van der Waals surface area contributed by atoms with Gasteiger partial charge < -0.3 is 25.8 Å². The number of hydrogen-bond acceptors (Lipinski definition) is 6. The molecule has 2 aromatic heterocycles. The molecule has 0 aromatic carbocycles. The molecule has 13 heteroatoms. The highest BCUT2D eigenvalue weighted by atomic mass is 35.5. The summed E-state index contributed by atoms with van der Waals surface area (Å²) in [6.45, 7) is 10.9. The number of anilines is 2. The fourth-order valence-electron chi connectivity index (χ4n) is 4.48. The van der Waals surface area contributed by atoms with E-state index >= 15 is 0 Å². The number of fused-ring (bicyclic) bond motifs is 1. The third kappa shape index (κ3) is 10.3. The molecule has 2 aromatic rings. The number of carbonyl (C=O) groups excluding carboxylic acids is 2. The second kappa shape index (κ2) is 16.8. The van der Waals surface area contributed by atoms with Crippen molar-refractivity contribution in [2.45, 2.75) is 86.1 Å². The number of imidazole rings is 1. The number of nitrogens with one attached hydrogen (secondary N) is 4. The second-order valence-electron chi connectivity index (χ2n) is 11.2. The maximum absolute atomic E-state index is 13.3. The fourth-order valence-corrected chi connectivity index (χ4v) is 5.04. The first-order valence-electron chi connectivity index (χ1n) is 14.7. The molecule has 0 spiro atoms. The summed E-state index contributed by atoms with van der Waals surface area (Å²) in [6.07, 6.45) is 4.13. The second-order valence-corrected chi connectivity index (χ2v) is 11.8. The Balaban J connectivity index is 0.00000316. The largest absolute Gasteiger partial charge is 0.353 e. The predicted octanol–water partition coefficient (Wildman–Crippen LogP) is 6.96. The van der Waals surface area contributed by atoms with Crippen LogP contribution in [0.1, 0.15) is 84.0 Å². The number of H-pyrrole nitrogens is 1. The Morgan fingerprint density at radius 2 is 1.84 bits per heavy atom. The molecule has 0 atom stereocenters. The van der Waals surface area contributed by atoms with Crippen LogP contribution in [0.2, 0.25) is 0 Å². The molecule has 0 bridgehead atoms. The number of rotatable bonds is 11. The van der Waals surface area contributed by atoms with Crippen LogP contribution < -0.4 is 20.9 Å². The minimum Gasteiger partial charge on any atom is -0.353 e. The number of pyridine rings is 1. The van der Waals surface area contributed by atoms with Gasteiger partial charge >= 0.3 is 0 Å². The molecule has 3 rings (SSSR count). The minimum absolute atomic E-state index is 0.00524. The maximum Gasteiger partial charge on any atom is 0.255 e. The van der Waals surface area contributed by atoms with Crippen LogP contribution in [0, 0.1) is 5.41 Å². The Morgan fingerprint density at radius 3 is 2.40 bits per heavy atom. The molecule has 2 heterocycles. The summed E-state index contributed by atoms with van der Waals surface area (Å²) in [5, 5.41) is 9.29. The van der Waals surface area contributed by atoms with Gasteiger partial charge in [0.05, 0.1) is 34.2 Å². The number of aromatic amines is 1. The highest BCUT2D eigenvalue weighted by molar-refractivity contribution is 6.33. The van der Waals surface area contributed by atoms with E-state index in [1.165, 1.54) is 11.9 Å². The average molecular weight is 645 g/mol. The molecule has 0 unspecified atom stereocenters. The van der Waals surface area contributed by atoms with Crippen LogP contribution in [-0.4, -0.2) is 65.3 Å². The molecule has 0 radical (unpaired) electrons. The number of hydrogen-bond donors (Lipinski definition) is 4. The Hall–Kier alpha value is -2.92. The Bertz CT molecular complexity index is 1300. The number of halogens is 4. The Labute approximate surface area is 263 Å². The van der Waals surface area contributed by atoms with Gasteiger partial charge in [-0.05, 0) is 31.4 Å². The summed E-state index contributed by atoms with van der Waals surface area (Å²) in [6, 6.07) is 1.60. The van der Waals surface area contributed by atoms with Gasteiger partial charge in [0.2, 0.25) is 11.9 Å². The van der Waals surface area contributed by atoms with Crippen molar-refractivity contribution in [1.82, 2.24) is 25.6 Å². The van der Waals surface area contributed by atoms with Gasteiger partial charge in [0, 0.05) is 25.0 Å². The number of nitrogens with zero attached hydrogens (tertiary/aromatic N) is 3. The van der Waals surface area contributed by atoms with Crippen molar-refractivity contribution >= 4 is 57.9 Å². The molecule has 4 N–H and O–H groups in total. The van der Waals surface area contributed by atoms with Crippen LogP contribution in [0.4, 0.5) is 20.5 Å². The van der Waals surface area contributed by atoms with Gasteiger partial charge in [-0.15, -0.1) is 11.6 Å². The van der Waals surface area contributed by atoms with Gasteiger partial charge in [-0.1, -0.05) is 71.6 Å². The standard InChI is InChI=1S/C28H39Cl2F2N7O2.C2H6/c1-6-16(14-33-26(41)28(2,3)4)22(30)20(13-29)36-27-35-19-12-18(25(40)34-17-10-8-7-9-11-17)24(37-23(19)38-27)39(5)15-21(31)32;1-2/h6,12,17,21H,7-11,13-15H2,1-5H3,(H,33,41)(H,34,40)(H2,35,36,37,38);1-2H3/b16-6-,22-20-;. The van der Waals surface area contributed by atoms with E-state index in [1.807, 2.05) is 34.6 Å². The lowest BCUT2D eigenvalue weighted by Crippen LogP contribution is -2.37. The van der Waals surface area contributed by atoms with E-state index < -0.39 is 18.4 Å². The van der Waals surface area contributed by atoms with E-state index in [4.69, 9.17) is 23.2 Å². The van der Waals surface area contributed by atoms with Crippen molar-refractivity contribution in [3.63, 3.8) is 0 Å². The predicted molar refractivity (Wildman–Crippen MR) is 172 cm³/mol. The maximum atomic E-state index is 13.3. The average Bonchev–Trinajstić information content (AvgIpc) is 3.37. The van der Waals surface area contributed by atoms with Gasteiger partial charge in [0.1, 0.15) is 5.82 Å². The number of alkyl halides is 3. The van der Waals surface area contributed by atoms with Crippen LogP contribution in [0.25, 0.3) is 11.2 Å². The molecule has 9 nitrogen and oxygen atoms in total. The van der Waals surface area contributed by atoms with Crippen LogP contribution in [-0.2, 0) is 4.79 Å². The SMILES string of the molecule is C/C=C(CNC(=O)C(C)(C)C)\C(Cl)=C(/CCl)Nc1nc2nc(N(C)CC(F)F)c(C(=O)NC3CCCCC3)cc2[nH]1.CC. The summed E-state index contributed by atoms with van der Waals surface area (Å²) in [5.74, 6) is -0.124. The van der Waals surface area contributed by atoms with Crippen molar-refractivity contribution in [1.29, 1.82) is 0 Å². The zero-order chi connectivity index (χ0) is 32.3. The van der Waals surface area contributed by atoms with Gasteiger partial charge in [0.15, 0.2) is 5.65 Å². The zero-order valence-electron chi connectivity index (χ0n) is 26.1. The van der Waals surface area contributed by atoms with Crippen LogP contribution in [0.5, 0.6) is 0 Å². The van der Waals surface area contributed by atoms with Crippen molar-refractivity contribution in [3.8, 4) is 0 Å².